The lowest BCUT2D eigenvalue weighted by molar-refractivity contribution is -0.118. The fourth-order valence-electron chi connectivity index (χ4n) is 3.24. The van der Waals surface area contributed by atoms with E-state index in [4.69, 9.17) is 21.1 Å². The highest BCUT2D eigenvalue weighted by molar-refractivity contribution is 6.31. The molecule has 1 amide bonds. The average Bonchev–Trinajstić information content (AvgIpc) is 2.86. The highest BCUT2D eigenvalue weighted by atomic mass is 35.5. The van der Waals surface area contributed by atoms with E-state index in [1.54, 1.807) is 12.1 Å². The molecule has 10 heteroatoms. The van der Waals surface area contributed by atoms with Crippen LogP contribution in [0.3, 0.4) is 0 Å². The Morgan fingerprint density at radius 3 is 2.69 bits per heavy atom. The maximum absolute atomic E-state index is 13.3. The summed E-state index contributed by atoms with van der Waals surface area (Å²) in [4.78, 5) is 38.0. The molecule has 8 nitrogen and oxygen atoms in total. The molecule has 0 aliphatic rings. The molecule has 2 aromatic carbocycles. The lowest BCUT2D eigenvalue weighted by Gasteiger charge is -2.13. The number of para-hydroxylation sites is 1. The Labute approximate surface area is 205 Å². The van der Waals surface area contributed by atoms with Gasteiger partial charge in [-0.25, -0.2) is 4.39 Å². The molecular weight excluding hydrogens is 477 g/mol. The van der Waals surface area contributed by atoms with E-state index in [-0.39, 0.29) is 39.7 Å². The van der Waals surface area contributed by atoms with Crippen molar-refractivity contribution in [3.05, 3.63) is 92.6 Å². The predicted molar refractivity (Wildman–Crippen MR) is 127 cm³/mol. The van der Waals surface area contributed by atoms with Crippen LogP contribution in [0, 0.1) is 17.1 Å². The van der Waals surface area contributed by atoms with Gasteiger partial charge in [0.1, 0.15) is 23.2 Å². The number of carbonyl (C=O) groups excluding carboxylic acids is 2. The van der Waals surface area contributed by atoms with E-state index < -0.39 is 29.7 Å². The highest BCUT2D eigenvalue weighted by Crippen LogP contribution is 2.23. The molecule has 1 aromatic heterocycles. The van der Waals surface area contributed by atoms with Crippen molar-refractivity contribution in [2.45, 2.75) is 13.0 Å². The number of hydrogen-bond donors (Lipinski definition) is 1. The average molecular weight is 498 g/mol. The molecule has 3 rings (SSSR count). The lowest BCUT2D eigenvalue weighted by atomic mass is 10.0. The third-order valence-corrected chi connectivity index (χ3v) is 5.20. The first-order valence-electron chi connectivity index (χ1n) is 10.5. The van der Waals surface area contributed by atoms with Crippen molar-refractivity contribution in [2.24, 2.45) is 0 Å². The van der Waals surface area contributed by atoms with Crippen LogP contribution in [0.4, 0.5) is 10.1 Å². The van der Waals surface area contributed by atoms with Crippen LogP contribution >= 0.6 is 11.6 Å². The summed E-state index contributed by atoms with van der Waals surface area (Å²) < 4.78 is 25.2. The maximum atomic E-state index is 13.3. The predicted octanol–water partition coefficient (Wildman–Crippen LogP) is 3.80. The number of nitrogens with one attached hydrogen (secondary N) is 1. The Balaban J connectivity index is 1.79. The smallest absolute Gasteiger partial charge is 0.268 e. The van der Waals surface area contributed by atoms with E-state index in [2.05, 4.69) is 5.32 Å². The van der Waals surface area contributed by atoms with Gasteiger partial charge in [0, 0.05) is 37.7 Å². The van der Waals surface area contributed by atoms with Gasteiger partial charge in [-0.1, -0.05) is 23.7 Å². The van der Waals surface area contributed by atoms with Crippen molar-refractivity contribution < 1.29 is 23.5 Å². The minimum atomic E-state index is -0.613. The van der Waals surface area contributed by atoms with Gasteiger partial charge in [0.25, 0.3) is 11.5 Å². The third-order valence-electron chi connectivity index (χ3n) is 4.91. The number of pyridine rings is 1. The molecule has 0 fully saturated rings. The van der Waals surface area contributed by atoms with E-state index >= 15 is 0 Å². The van der Waals surface area contributed by atoms with Gasteiger partial charge in [-0.15, -0.1) is 0 Å². The molecule has 3 aromatic rings. The molecule has 1 N–H and O–H groups in total. The number of aryl methyl sites for hydroxylation is 1. The topological polar surface area (TPSA) is 110 Å². The van der Waals surface area contributed by atoms with Crippen LogP contribution in [0.15, 0.2) is 59.5 Å². The number of amides is 1. The van der Waals surface area contributed by atoms with Crippen LogP contribution in [0.1, 0.15) is 27.9 Å². The first kappa shape index (κ1) is 25.6. The summed E-state index contributed by atoms with van der Waals surface area (Å²) in [7, 11) is 1.54. The molecule has 0 bridgehead atoms. The van der Waals surface area contributed by atoms with Crippen molar-refractivity contribution in [1.29, 1.82) is 5.26 Å². The first-order chi connectivity index (χ1) is 16.8. The van der Waals surface area contributed by atoms with Gasteiger partial charge in [-0.2, -0.15) is 5.26 Å². The summed E-state index contributed by atoms with van der Waals surface area (Å²) in [6.07, 6.45) is 1.91. The molecule has 180 valence electrons. The largest absolute Gasteiger partial charge is 0.483 e. The van der Waals surface area contributed by atoms with Gasteiger partial charge < -0.3 is 19.4 Å². The van der Waals surface area contributed by atoms with Crippen LogP contribution in [0.25, 0.3) is 0 Å². The molecule has 1 heterocycles. The van der Waals surface area contributed by atoms with Gasteiger partial charge in [0.05, 0.1) is 10.6 Å². The summed E-state index contributed by atoms with van der Waals surface area (Å²) in [5.41, 5.74) is -0.100. The van der Waals surface area contributed by atoms with E-state index in [0.29, 0.717) is 13.0 Å². The zero-order valence-electron chi connectivity index (χ0n) is 18.7. The molecule has 0 radical (unpaired) electrons. The number of rotatable bonds is 10. The van der Waals surface area contributed by atoms with Crippen molar-refractivity contribution in [3.63, 3.8) is 0 Å². The van der Waals surface area contributed by atoms with E-state index in [9.17, 15) is 24.0 Å². The van der Waals surface area contributed by atoms with Crippen LogP contribution in [-0.4, -0.2) is 36.6 Å². The second kappa shape index (κ2) is 11.9. The number of methoxy groups -OCH3 is 1. The number of ketones is 1. The molecule has 0 aliphatic heterocycles. The summed E-state index contributed by atoms with van der Waals surface area (Å²) in [6, 6.07) is 13.1. The molecule has 0 aliphatic carbocycles. The van der Waals surface area contributed by atoms with Crippen LogP contribution < -0.4 is 15.6 Å². The summed E-state index contributed by atoms with van der Waals surface area (Å²) in [5, 5.41) is 11.7. The molecule has 0 saturated heterocycles. The number of nitrogens with zero attached hydrogens (tertiary/aromatic N) is 2. The van der Waals surface area contributed by atoms with Crippen molar-refractivity contribution in [3.8, 4) is 11.8 Å². The number of anilines is 1. The Kier molecular flexibility index (Phi) is 8.73. The molecule has 0 atom stereocenters. The number of hydrogen-bond acceptors (Lipinski definition) is 6. The normalized spacial score (nSPS) is 10.5. The van der Waals surface area contributed by atoms with Gasteiger partial charge in [0.2, 0.25) is 0 Å². The Morgan fingerprint density at radius 1 is 1.20 bits per heavy atom. The fraction of sp³-hybridized carbons (Fsp3) is 0.200. The molecular formula is C25H21ClFN3O5. The van der Waals surface area contributed by atoms with Gasteiger partial charge in [-0.3, -0.25) is 14.4 Å². The second-order valence-corrected chi connectivity index (χ2v) is 7.80. The van der Waals surface area contributed by atoms with Crippen molar-refractivity contribution >= 4 is 29.0 Å². The number of carbonyl (C=O) groups is 2. The zero-order chi connectivity index (χ0) is 25.4. The van der Waals surface area contributed by atoms with Crippen LogP contribution in [0.2, 0.25) is 5.02 Å². The number of halogens is 2. The quantitative estimate of drug-likeness (QED) is 0.337. The van der Waals surface area contributed by atoms with Gasteiger partial charge in [-0.05, 0) is 42.8 Å². The van der Waals surface area contributed by atoms with E-state index in [1.807, 2.05) is 6.07 Å². The van der Waals surface area contributed by atoms with Crippen molar-refractivity contribution in [1.82, 2.24) is 4.57 Å². The van der Waals surface area contributed by atoms with Crippen LogP contribution in [0.5, 0.6) is 5.75 Å². The van der Waals surface area contributed by atoms with E-state index in [0.717, 1.165) is 6.07 Å². The van der Waals surface area contributed by atoms with E-state index in [1.165, 1.54) is 48.2 Å². The first-order valence-corrected chi connectivity index (χ1v) is 10.9. The monoisotopic (exact) mass is 497 g/mol. The Hall–Kier alpha value is -4.00. The third kappa shape index (κ3) is 6.53. The number of aromatic nitrogens is 1. The lowest BCUT2D eigenvalue weighted by Crippen LogP contribution is -2.25. The second-order valence-electron chi connectivity index (χ2n) is 7.39. The molecule has 35 heavy (non-hydrogen) atoms. The highest BCUT2D eigenvalue weighted by Gasteiger charge is 2.18. The minimum Gasteiger partial charge on any atom is -0.483 e. The summed E-state index contributed by atoms with van der Waals surface area (Å²) >= 11 is 5.72. The number of ether oxygens (including phenoxy) is 2. The zero-order valence-corrected chi connectivity index (χ0v) is 19.5. The standard InChI is InChI=1S/C25H21ClFN3O5/c1-34-10-4-9-30-14-17(11-16(13-28)25(30)33)24(32)19-5-2-3-6-22(19)35-15-23(31)29-18-7-8-21(27)20(26)12-18/h2-3,5-8,11-12,14H,4,9-10,15H2,1H3,(H,29,31). The van der Waals surface area contributed by atoms with Crippen LogP contribution in [-0.2, 0) is 16.1 Å². The molecule has 0 saturated carbocycles. The summed E-state index contributed by atoms with van der Waals surface area (Å²) in [5.74, 6) is -1.50. The number of nitriles is 1. The fourth-order valence-corrected chi connectivity index (χ4v) is 3.42. The minimum absolute atomic E-state index is 0.125. The molecule has 0 unspecified atom stereocenters. The van der Waals surface area contributed by atoms with Gasteiger partial charge >= 0.3 is 0 Å². The summed E-state index contributed by atoms with van der Waals surface area (Å²) in [6.45, 7) is 0.253. The maximum Gasteiger partial charge on any atom is 0.268 e. The molecule has 0 spiro atoms. The Bertz CT molecular complexity index is 1350. The van der Waals surface area contributed by atoms with Crippen molar-refractivity contribution in [2.75, 3.05) is 25.6 Å². The number of benzene rings is 2. The van der Waals surface area contributed by atoms with Gasteiger partial charge in [0.15, 0.2) is 12.4 Å². The Morgan fingerprint density at radius 2 is 1.97 bits per heavy atom. The SMILES string of the molecule is COCCCn1cc(C(=O)c2ccccc2OCC(=O)Nc2ccc(F)c(Cl)c2)cc(C#N)c1=O.